The third-order valence-electron chi connectivity index (χ3n) is 3.78. The largest absolute Gasteiger partial charge is 0.452 e. The maximum absolute atomic E-state index is 12.2. The first-order chi connectivity index (χ1) is 13.5. The molecule has 0 aliphatic heterocycles. The molecule has 2 heterocycles. The fourth-order valence-electron chi connectivity index (χ4n) is 2.43. The number of thiophene rings is 2. The third-order valence-corrected chi connectivity index (χ3v) is 5.71. The van der Waals surface area contributed by atoms with Gasteiger partial charge in [0, 0.05) is 10.6 Å². The highest BCUT2D eigenvalue weighted by Gasteiger charge is 2.14. The number of amides is 2. The van der Waals surface area contributed by atoms with Crippen LogP contribution >= 0.6 is 22.7 Å². The van der Waals surface area contributed by atoms with E-state index in [0.717, 1.165) is 4.88 Å². The van der Waals surface area contributed by atoms with Gasteiger partial charge in [0.1, 0.15) is 0 Å². The average molecular weight is 415 g/mol. The van der Waals surface area contributed by atoms with Crippen molar-refractivity contribution in [2.75, 3.05) is 11.9 Å². The lowest BCUT2D eigenvalue weighted by atomic mass is 10.2. The molecular weight excluding hydrogens is 396 g/mol. The monoisotopic (exact) mass is 414 g/mol. The van der Waals surface area contributed by atoms with Gasteiger partial charge in [-0.25, -0.2) is 4.79 Å². The van der Waals surface area contributed by atoms with Gasteiger partial charge in [-0.15, -0.1) is 22.7 Å². The Labute approximate surface area is 170 Å². The lowest BCUT2D eigenvalue weighted by molar-refractivity contribution is -0.124. The Morgan fingerprint density at radius 1 is 1.04 bits per heavy atom. The minimum atomic E-state index is -0.633. The summed E-state index contributed by atoms with van der Waals surface area (Å²) in [6, 6.07) is 13.6. The van der Waals surface area contributed by atoms with Gasteiger partial charge in [-0.3, -0.25) is 9.59 Å². The molecule has 1 aromatic carbocycles. The molecule has 2 amide bonds. The molecule has 0 fully saturated rings. The van der Waals surface area contributed by atoms with E-state index in [9.17, 15) is 14.4 Å². The summed E-state index contributed by atoms with van der Waals surface area (Å²) in [6.07, 6.45) is 0. The van der Waals surface area contributed by atoms with Crippen LogP contribution in [-0.2, 0) is 9.53 Å². The van der Waals surface area contributed by atoms with Crippen LogP contribution in [0.4, 0.5) is 5.69 Å². The molecule has 2 aromatic heterocycles. The van der Waals surface area contributed by atoms with Crippen molar-refractivity contribution in [1.82, 2.24) is 5.32 Å². The van der Waals surface area contributed by atoms with E-state index in [0.29, 0.717) is 10.6 Å². The Kier molecular flexibility index (Phi) is 6.57. The predicted octanol–water partition coefficient (Wildman–Crippen LogP) is 4.10. The van der Waals surface area contributed by atoms with E-state index in [1.54, 1.807) is 41.7 Å². The highest BCUT2D eigenvalue weighted by Crippen LogP contribution is 2.18. The summed E-state index contributed by atoms with van der Waals surface area (Å²) in [5.74, 6) is -1.26. The van der Waals surface area contributed by atoms with Gasteiger partial charge in [0.15, 0.2) is 6.61 Å². The summed E-state index contributed by atoms with van der Waals surface area (Å²) in [7, 11) is 0. The SMILES string of the molecule is C[C@H](NC(=O)COC(=O)c1cccc(NC(=O)c2cccs2)c1)c1cccs1. The molecule has 2 N–H and O–H groups in total. The van der Waals surface area contributed by atoms with Crippen molar-refractivity contribution >= 4 is 46.1 Å². The van der Waals surface area contributed by atoms with Crippen molar-refractivity contribution in [2.45, 2.75) is 13.0 Å². The Hall–Kier alpha value is -2.97. The maximum Gasteiger partial charge on any atom is 0.338 e. The summed E-state index contributed by atoms with van der Waals surface area (Å²) in [4.78, 5) is 37.9. The molecule has 8 heteroatoms. The summed E-state index contributed by atoms with van der Waals surface area (Å²) in [6.45, 7) is 1.49. The lowest BCUT2D eigenvalue weighted by Gasteiger charge is -2.12. The second-order valence-electron chi connectivity index (χ2n) is 5.89. The Morgan fingerprint density at radius 2 is 1.82 bits per heavy atom. The number of rotatable bonds is 7. The van der Waals surface area contributed by atoms with Crippen LogP contribution in [0.1, 0.15) is 37.9 Å². The van der Waals surface area contributed by atoms with Gasteiger partial charge in [0.2, 0.25) is 0 Å². The van der Waals surface area contributed by atoms with Crippen LogP contribution in [0.2, 0.25) is 0 Å². The smallest absolute Gasteiger partial charge is 0.338 e. The van der Waals surface area contributed by atoms with Gasteiger partial charge in [-0.1, -0.05) is 18.2 Å². The quantitative estimate of drug-likeness (QED) is 0.570. The Bertz CT molecular complexity index is 953. The fraction of sp³-hybridized carbons (Fsp3) is 0.150. The zero-order valence-electron chi connectivity index (χ0n) is 15.0. The molecule has 0 radical (unpaired) electrons. The van der Waals surface area contributed by atoms with Crippen LogP contribution in [0.15, 0.2) is 59.3 Å². The molecule has 144 valence electrons. The number of hydrogen-bond acceptors (Lipinski definition) is 6. The molecule has 1 atom stereocenters. The molecule has 6 nitrogen and oxygen atoms in total. The predicted molar refractivity (Wildman–Crippen MR) is 110 cm³/mol. The van der Waals surface area contributed by atoms with E-state index in [1.165, 1.54) is 17.4 Å². The number of benzene rings is 1. The zero-order valence-corrected chi connectivity index (χ0v) is 16.6. The van der Waals surface area contributed by atoms with Gasteiger partial charge in [-0.2, -0.15) is 0 Å². The minimum absolute atomic E-state index is 0.151. The molecule has 3 rings (SSSR count). The number of carbonyl (C=O) groups excluding carboxylic acids is 3. The number of esters is 1. The van der Waals surface area contributed by atoms with Gasteiger partial charge in [0.25, 0.3) is 11.8 Å². The summed E-state index contributed by atoms with van der Waals surface area (Å²) in [5.41, 5.74) is 0.728. The Morgan fingerprint density at radius 3 is 2.54 bits per heavy atom. The molecule has 0 unspecified atom stereocenters. The molecular formula is C20H18N2O4S2. The van der Waals surface area contributed by atoms with Crippen molar-refractivity contribution in [3.05, 3.63) is 74.6 Å². The second-order valence-corrected chi connectivity index (χ2v) is 7.82. The average Bonchev–Trinajstić information content (AvgIpc) is 3.40. The summed E-state index contributed by atoms with van der Waals surface area (Å²) >= 11 is 2.87. The van der Waals surface area contributed by atoms with Gasteiger partial charge >= 0.3 is 5.97 Å². The fourth-order valence-corrected chi connectivity index (χ4v) is 3.78. The zero-order chi connectivity index (χ0) is 19.9. The van der Waals surface area contributed by atoms with Crippen LogP contribution in [0, 0.1) is 0 Å². The summed E-state index contributed by atoms with van der Waals surface area (Å²) in [5, 5.41) is 9.26. The first-order valence-electron chi connectivity index (χ1n) is 8.48. The van der Waals surface area contributed by atoms with E-state index in [4.69, 9.17) is 4.74 Å². The topological polar surface area (TPSA) is 84.5 Å². The second kappa shape index (κ2) is 9.29. The third kappa shape index (κ3) is 5.28. The van der Waals surface area contributed by atoms with E-state index in [1.807, 2.05) is 29.8 Å². The van der Waals surface area contributed by atoms with Crippen LogP contribution in [0.25, 0.3) is 0 Å². The molecule has 0 saturated carbocycles. The van der Waals surface area contributed by atoms with Crippen molar-refractivity contribution in [3.63, 3.8) is 0 Å². The van der Waals surface area contributed by atoms with Gasteiger partial charge < -0.3 is 15.4 Å². The standard InChI is InChI=1S/C20H18N2O4S2/c1-13(16-7-3-9-27-16)21-18(23)12-26-20(25)14-5-2-6-15(11-14)22-19(24)17-8-4-10-28-17/h2-11,13H,12H2,1H3,(H,21,23)(H,22,24)/t13-/m0/s1. The van der Waals surface area contributed by atoms with Gasteiger partial charge in [0.05, 0.1) is 16.5 Å². The van der Waals surface area contributed by atoms with Gasteiger partial charge in [-0.05, 0) is 48.0 Å². The van der Waals surface area contributed by atoms with E-state index < -0.39 is 5.97 Å². The maximum atomic E-state index is 12.2. The normalized spacial score (nSPS) is 11.5. The number of carbonyl (C=O) groups is 3. The minimum Gasteiger partial charge on any atom is -0.452 e. The Balaban J connectivity index is 1.53. The summed E-state index contributed by atoms with van der Waals surface area (Å²) < 4.78 is 5.08. The number of anilines is 1. The molecule has 0 saturated heterocycles. The van der Waals surface area contributed by atoms with Crippen molar-refractivity contribution in [2.24, 2.45) is 0 Å². The van der Waals surface area contributed by atoms with E-state index in [-0.39, 0.29) is 30.0 Å². The number of ether oxygens (including phenoxy) is 1. The molecule has 0 spiro atoms. The highest BCUT2D eigenvalue weighted by atomic mass is 32.1. The first-order valence-corrected chi connectivity index (χ1v) is 10.2. The van der Waals surface area contributed by atoms with Crippen molar-refractivity contribution in [3.8, 4) is 0 Å². The van der Waals surface area contributed by atoms with Crippen LogP contribution < -0.4 is 10.6 Å². The van der Waals surface area contributed by atoms with Crippen molar-refractivity contribution in [1.29, 1.82) is 0 Å². The molecule has 3 aromatic rings. The molecule has 0 aliphatic carbocycles. The molecule has 0 aliphatic rings. The van der Waals surface area contributed by atoms with E-state index >= 15 is 0 Å². The van der Waals surface area contributed by atoms with Crippen LogP contribution in [0.3, 0.4) is 0 Å². The number of hydrogen-bond donors (Lipinski definition) is 2. The molecule has 28 heavy (non-hydrogen) atoms. The first kappa shape index (κ1) is 19.8. The highest BCUT2D eigenvalue weighted by molar-refractivity contribution is 7.12. The van der Waals surface area contributed by atoms with Crippen molar-refractivity contribution < 1.29 is 19.1 Å². The lowest BCUT2D eigenvalue weighted by Crippen LogP contribution is -2.30. The van der Waals surface area contributed by atoms with Crippen LogP contribution in [0.5, 0.6) is 0 Å². The number of nitrogens with one attached hydrogen (secondary N) is 2. The van der Waals surface area contributed by atoms with Crippen LogP contribution in [-0.4, -0.2) is 24.4 Å². The molecule has 0 bridgehead atoms. The van der Waals surface area contributed by atoms with E-state index in [2.05, 4.69) is 10.6 Å².